The lowest BCUT2D eigenvalue weighted by molar-refractivity contribution is -0.111. The van der Waals surface area contributed by atoms with Crippen molar-refractivity contribution in [3.63, 3.8) is 0 Å². The lowest BCUT2D eigenvalue weighted by Gasteiger charge is -2.15. The van der Waals surface area contributed by atoms with Crippen molar-refractivity contribution in [3.05, 3.63) is 59.7 Å². The van der Waals surface area contributed by atoms with Crippen molar-refractivity contribution >= 4 is 45.6 Å². The van der Waals surface area contributed by atoms with Crippen LogP contribution >= 0.6 is 11.6 Å². The van der Waals surface area contributed by atoms with Crippen LogP contribution in [0.5, 0.6) is 5.75 Å². The molecule has 1 saturated heterocycles. The van der Waals surface area contributed by atoms with Gasteiger partial charge in [-0.2, -0.15) is 0 Å². The number of nitrogens with one attached hydrogen (secondary N) is 2. The number of carbonyl (C=O) groups is 1. The molecule has 1 aliphatic rings. The molecule has 0 spiro atoms. The summed E-state index contributed by atoms with van der Waals surface area (Å²) < 4.78 is 19.3. The van der Waals surface area contributed by atoms with Crippen LogP contribution in [-0.4, -0.2) is 47.0 Å². The highest BCUT2D eigenvalue weighted by Crippen LogP contribution is 2.34. The van der Waals surface area contributed by atoms with Gasteiger partial charge < -0.3 is 15.4 Å². The fourth-order valence-corrected chi connectivity index (χ4v) is 4.00. The number of aromatic nitrogens is 2. The van der Waals surface area contributed by atoms with E-state index in [0.717, 1.165) is 19.4 Å². The van der Waals surface area contributed by atoms with Gasteiger partial charge in [-0.05, 0) is 57.6 Å². The molecule has 0 unspecified atom stereocenters. The molecule has 1 aliphatic heterocycles. The lowest BCUT2D eigenvalue weighted by Crippen LogP contribution is -2.23. The van der Waals surface area contributed by atoms with E-state index >= 15 is 0 Å². The number of likely N-dealkylation sites (tertiary alicyclic amines) is 1. The van der Waals surface area contributed by atoms with E-state index < -0.39 is 5.82 Å². The molecule has 1 fully saturated rings. The smallest absolute Gasteiger partial charge is 0.248 e. The highest BCUT2D eigenvalue weighted by molar-refractivity contribution is 6.31. The minimum atomic E-state index is -0.502. The van der Waals surface area contributed by atoms with Gasteiger partial charge in [-0.3, -0.25) is 9.69 Å². The van der Waals surface area contributed by atoms with Crippen molar-refractivity contribution in [1.82, 2.24) is 14.9 Å². The molecule has 0 saturated carbocycles. The maximum absolute atomic E-state index is 13.5. The van der Waals surface area contributed by atoms with E-state index in [1.165, 1.54) is 18.5 Å². The van der Waals surface area contributed by atoms with E-state index in [2.05, 4.69) is 32.5 Å². The van der Waals surface area contributed by atoms with Crippen molar-refractivity contribution < 1.29 is 13.9 Å². The largest absolute Gasteiger partial charge is 0.492 e. The van der Waals surface area contributed by atoms with Crippen molar-refractivity contribution in [2.45, 2.75) is 25.8 Å². The van der Waals surface area contributed by atoms with Crippen LogP contribution in [0, 0.1) is 5.82 Å². The summed E-state index contributed by atoms with van der Waals surface area (Å²) >= 11 is 5.90. The van der Waals surface area contributed by atoms with Crippen LogP contribution in [0.1, 0.15) is 19.8 Å². The Morgan fingerprint density at radius 2 is 2.18 bits per heavy atom. The predicted molar refractivity (Wildman–Crippen MR) is 129 cm³/mol. The summed E-state index contributed by atoms with van der Waals surface area (Å²) in [5.41, 5.74) is 1.71. The van der Waals surface area contributed by atoms with E-state index in [1.54, 1.807) is 24.3 Å². The Bertz CT molecular complexity index is 1200. The number of ether oxygens (including phenoxy) is 1. The van der Waals surface area contributed by atoms with Gasteiger partial charge in [0.05, 0.1) is 22.8 Å². The van der Waals surface area contributed by atoms with Gasteiger partial charge in [-0.25, -0.2) is 14.4 Å². The van der Waals surface area contributed by atoms with Crippen molar-refractivity contribution in [2.24, 2.45) is 0 Å². The molecule has 9 heteroatoms. The summed E-state index contributed by atoms with van der Waals surface area (Å²) in [7, 11) is 2.05. The minimum absolute atomic E-state index is 0.00430. The summed E-state index contributed by atoms with van der Waals surface area (Å²) in [5.74, 6) is 0.258. The number of rotatable bonds is 7. The van der Waals surface area contributed by atoms with Gasteiger partial charge in [-0.1, -0.05) is 17.7 Å². The van der Waals surface area contributed by atoms with Crippen LogP contribution in [0.15, 0.2) is 48.8 Å². The molecular weight excluding hydrogens is 445 g/mol. The number of amides is 1. The first-order valence-corrected chi connectivity index (χ1v) is 11.2. The van der Waals surface area contributed by atoms with Crippen molar-refractivity contribution in [3.8, 4) is 5.75 Å². The quantitative estimate of drug-likeness (QED) is 0.466. The molecule has 1 amide bonds. The van der Waals surface area contributed by atoms with E-state index in [4.69, 9.17) is 16.3 Å². The lowest BCUT2D eigenvalue weighted by atomic mass is 10.1. The maximum Gasteiger partial charge on any atom is 0.248 e. The molecule has 3 aromatic rings. The van der Waals surface area contributed by atoms with Crippen LogP contribution in [0.2, 0.25) is 5.02 Å². The monoisotopic (exact) mass is 469 g/mol. The predicted octanol–water partition coefficient (Wildman–Crippen LogP) is 5.15. The molecule has 33 heavy (non-hydrogen) atoms. The summed E-state index contributed by atoms with van der Waals surface area (Å²) in [6.07, 6.45) is 7.08. The zero-order valence-corrected chi connectivity index (χ0v) is 19.2. The Morgan fingerprint density at radius 3 is 2.91 bits per heavy atom. The number of hydrogen-bond donors (Lipinski definition) is 2. The van der Waals surface area contributed by atoms with E-state index in [1.807, 2.05) is 13.0 Å². The minimum Gasteiger partial charge on any atom is -0.492 e. The molecule has 0 bridgehead atoms. The third-order valence-corrected chi connectivity index (χ3v) is 5.81. The molecule has 1 aromatic heterocycles. The third-order valence-electron chi connectivity index (χ3n) is 5.52. The number of likely N-dealkylation sites (N-methyl/N-ethyl adjacent to an activating group) is 1. The van der Waals surface area contributed by atoms with Gasteiger partial charge >= 0.3 is 0 Å². The Labute approximate surface area is 196 Å². The molecule has 4 rings (SSSR count). The highest BCUT2D eigenvalue weighted by atomic mass is 35.5. The van der Waals surface area contributed by atoms with Crippen LogP contribution in [-0.2, 0) is 4.79 Å². The first-order chi connectivity index (χ1) is 15.9. The zero-order valence-electron chi connectivity index (χ0n) is 18.4. The molecule has 2 heterocycles. The average Bonchev–Trinajstić information content (AvgIpc) is 3.20. The SMILES string of the molecule is CCOc1cc2ncnc(Nc3ccc(F)c(Cl)c3)c2cc1NC(=O)C=C[C@H]1CCCN1C. The molecule has 7 nitrogen and oxygen atoms in total. The molecular formula is C24H25ClFN5O2. The van der Waals surface area contributed by atoms with Gasteiger partial charge in [-0.15, -0.1) is 0 Å². The highest BCUT2D eigenvalue weighted by Gasteiger charge is 2.18. The van der Waals surface area contributed by atoms with Crippen LogP contribution in [0.4, 0.5) is 21.6 Å². The normalized spacial score (nSPS) is 16.4. The van der Waals surface area contributed by atoms with Crippen LogP contribution in [0.3, 0.4) is 0 Å². The van der Waals surface area contributed by atoms with Gasteiger partial charge in [0, 0.05) is 29.3 Å². The topological polar surface area (TPSA) is 79.4 Å². The average molecular weight is 470 g/mol. The molecule has 1 atom stereocenters. The molecule has 0 radical (unpaired) electrons. The second-order valence-electron chi connectivity index (χ2n) is 7.81. The second kappa shape index (κ2) is 10.1. The fourth-order valence-electron chi connectivity index (χ4n) is 3.82. The maximum atomic E-state index is 13.5. The summed E-state index contributed by atoms with van der Waals surface area (Å²) in [6, 6.07) is 8.12. The van der Waals surface area contributed by atoms with Crippen molar-refractivity contribution in [2.75, 3.05) is 30.8 Å². The Kier molecular flexibility index (Phi) is 7.05. The Hall–Kier alpha value is -3.23. The number of nitrogens with zero attached hydrogens (tertiary/aromatic N) is 3. The van der Waals surface area contributed by atoms with Gasteiger partial charge in [0.25, 0.3) is 0 Å². The number of anilines is 3. The summed E-state index contributed by atoms with van der Waals surface area (Å²) in [6.45, 7) is 3.34. The summed E-state index contributed by atoms with van der Waals surface area (Å²) in [5, 5.41) is 6.72. The van der Waals surface area contributed by atoms with Crippen LogP contribution < -0.4 is 15.4 Å². The molecule has 2 aromatic carbocycles. The summed E-state index contributed by atoms with van der Waals surface area (Å²) in [4.78, 5) is 23.5. The Balaban J connectivity index is 1.63. The third kappa shape index (κ3) is 5.40. The Morgan fingerprint density at radius 1 is 1.33 bits per heavy atom. The number of benzene rings is 2. The number of fused-ring (bicyclic) bond motifs is 1. The number of carbonyl (C=O) groups excluding carboxylic acids is 1. The molecule has 0 aliphatic carbocycles. The first kappa shape index (κ1) is 22.9. The standard InChI is InChI=1S/C24H25ClFN5O2/c1-3-33-22-13-20-17(12-21(22)30-23(32)9-7-16-5-4-10-31(16)2)24(28-14-27-20)29-15-6-8-19(26)18(25)11-15/h6-9,11-14,16H,3-5,10H2,1-2H3,(H,30,32)(H,27,28,29)/t16-/m1/s1. The van der Waals surface area contributed by atoms with E-state index in [-0.39, 0.29) is 17.0 Å². The first-order valence-electron chi connectivity index (χ1n) is 10.8. The van der Waals surface area contributed by atoms with E-state index in [0.29, 0.717) is 40.5 Å². The fraction of sp³-hybridized carbons (Fsp3) is 0.292. The molecule has 172 valence electrons. The number of halogens is 2. The van der Waals surface area contributed by atoms with E-state index in [9.17, 15) is 9.18 Å². The van der Waals surface area contributed by atoms with Gasteiger partial charge in [0.2, 0.25) is 5.91 Å². The number of hydrogen-bond acceptors (Lipinski definition) is 6. The zero-order chi connectivity index (χ0) is 23.4. The van der Waals surface area contributed by atoms with Crippen molar-refractivity contribution in [1.29, 1.82) is 0 Å². The van der Waals surface area contributed by atoms with Gasteiger partial charge in [0.1, 0.15) is 23.7 Å². The van der Waals surface area contributed by atoms with Gasteiger partial charge in [0.15, 0.2) is 0 Å². The second-order valence-corrected chi connectivity index (χ2v) is 8.22. The molecule has 2 N–H and O–H groups in total. The van der Waals surface area contributed by atoms with Crippen LogP contribution in [0.25, 0.3) is 10.9 Å².